The number of nitrogens with one attached hydrogen (secondary N) is 1. The van der Waals surface area contributed by atoms with Crippen LogP contribution in [0.1, 0.15) is 18.4 Å². The van der Waals surface area contributed by atoms with Gasteiger partial charge in [0.1, 0.15) is 12.4 Å². The third kappa shape index (κ3) is 4.93. The average molecular weight is 386 g/mol. The summed E-state index contributed by atoms with van der Waals surface area (Å²) in [6.45, 7) is 4.04. The first-order chi connectivity index (χ1) is 13.2. The lowest BCUT2D eigenvalue weighted by Crippen LogP contribution is -2.50. The zero-order valence-corrected chi connectivity index (χ0v) is 16.0. The van der Waals surface area contributed by atoms with Gasteiger partial charge in [0.25, 0.3) is 0 Å². The third-order valence-electron chi connectivity index (χ3n) is 5.09. The smallest absolute Gasteiger partial charge is 0.321 e. The van der Waals surface area contributed by atoms with Crippen LogP contribution < -0.4 is 10.1 Å². The Morgan fingerprint density at radius 3 is 2.30 bits per heavy atom. The molecule has 1 saturated heterocycles. The predicted molar refractivity (Wildman–Crippen MR) is 107 cm³/mol. The van der Waals surface area contributed by atoms with E-state index in [0.29, 0.717) is 11.6 Å². The summed E-state index contributed by atoms with van der Waals surface area (Å²) in [5, 5.41) is 3.69. The van der Waals surface area contributed by atoms with Crippen LogP contribution in [0.5, 0.6) is 5.75 Å². The zero-order chi connectivity index (χ0) is 18.6. The molecule has 2 aliphatic rings. The van der Waals surface area contributed by atoms with Crippen LogP contribution in [0.2, 0.25) is 5.02 Å². The third-order valence-corrected chi connectivity index (χ3v) is 5.34. The average Bonchev–Trinajstić information content (AvgIpc) is 3.54. The number of urea groups is 1. The number of anilines is 1. The van der Waals surface area contributed by atoms with Crippen LogP contribution in [0.3, 0.4) is 0 Å². The second-order valence-corrected chi connectivity index (χ2v) is 7.56. The maximum atomic E-state index is 12.4. The van der Waals surface area contributed by atoms with E-state index in [9.17, 15) is 4.79 Å². The lowest BCUT2D eigenvalue weighted by atomic mass is 10.2. The van der Waals surface area contributed by atoms with E-state index in [0.717, 1.165) is 49.2 Å². The van der Waals surface area contributed by atoms with Crippen molar-refractivity contribution in [2.45, 2.75) is 25.5 Å². The summed E-state index contributed by atoms with van der Waals surface area (Å²) in [4.78, 5) is 16.8. The molecule has 1 saturated carbocycles. The van der Waals surface area contributed by atoms with Crippen molar-refractivity contribution in [1.82, 2.24) is 9.80 Å². The Morgan fingerprint density at radius 1 is 1.00 bits per heavy atom. The Labute approximate surface area is 164 Å². The number of ether oxygens (including phenoxy) is 1. The molecule has 0 radical (unpaired) electrons. The van der Waals surface area contributed by atoms with Crippen LogP contribution in [0.4, 0.5) is 10.5 Å². The maximum Gasteiger partial charge on any atom is 0.321 e. The molecule has 2 aromatic rings. The van der Waals surface area contributed by atoms with Crippen molar-refractivity contribution < 1.29 is 9.53 Å². The van der Waals surface area contributed by atoms with E-state index in [-0.39, 0.29) is 6.03 Å². The Hall–Kier alpha value is -2.24. The van der Waals surface area contributed by atoms with Crippen LogP contribution in [0.15, 0.2) is 48.5 Å². The number of halogens is 1. The van der Waals surface area contributed by atoms with Crippen molar-refractivity contribution >= 4 is 23.3 Å². The first-order valence-electron chi connectivity index (χ1n) is 9.45. The van der Waals surface area contributed by atoms with Gasteiger partial charge in [0.15, 0.2) is 0 Å². The maximum absolute atomic E-state index is 12.4. The highest BCUT2D eigenvalue weighted by atomic mass is 35.5. The fourth-order valence-electron chi connectivity index (χ4n) is 3.31. The quantitative estimate of drug-likeness (QED) is 0.837. The van der Waals surface area contributed by atoms with Gasteiger partial charge in [0, 0.05) is 42.9 Å². The first kappa shape index (κ1) is 18.1. The molecule has 2 fully saturated rings. The number of piperazine rings is 1. The molecule has 0 bridgehead atoms. The van der Waals surface area contributed by atoms with Gasteiger partial charge in [0.2, 0.25) is 0 Å². The van der Waals surface area contributed by atoms with E-state index in [1.54, 1.807) is 0 Å². The van der Waals surface area contributed by atoms with Crippen molar-refractivity contribution in [3.8, 4) is 5.75 Å². The van der Waals surface area contributed by atoms with E-state index < -0.39 is 0 Å². The van der Waals surface area contributed by atoms with Gasteiger partial charge in [-0.2, -0.15) is 0 Å². The summed E-state index contributed by atoms with van der Waals surface area (Å²) in [6.07, 6.45) is 2.64. The summed E-state index contributed by atoms with van der Waals surface area (Å²) >= 11 is 5.89. The Kier molecular flexibility index (Phi) is 5.50. The molecule has 0 atom stereocenters. The number of amides is 2. The van der Waals surface area contributed by atoms with E-state index in [1.165, 1.54) is 12.8 Å². The van der Waals surface area contributed by atoms with E-state index in [4.69, 9.17) is 16.3 Å². The minimum atomic E-state index is -0.0275. The fourth-order valence-corrected chi connectivity index (χ4v) is 3.44. The molecule has 142 valence electrons. The highest BCUT2D eigenvalue weighted by Crippen LogP contribution is 2.27. The molecule has 27 heavy (non-hydrogen) atoms. The summed E-state index contributed by atoms with van der Waals surface area (Å²) in [5.41, 5.74) is 1.84. The van der Waals surface area contributed by atoms with Gasteiger partial charge in [-0.25, -0.2) is 4.79 Å². The molecule has 1 aliphatic heterocycles. The van der Waals surface area contributed by atoms with Gasteiger partial charge in [-0.1, -0.05) is 23.7 Å². The Bertz CT molecular complexity index is 767. The lowest BCUT2D eigenvalue weighted by molar-refractivity contribution is 0.142. The number of nitrogens with zero attached hydrogens (tertiary/aromatic N) is 2. The highest BCUT2D eigenvalue weighted by Gasteiger charge is 2.32. The van der Waals surface area contributed by atoms with Gasteiger partial charge in [-0.05, 0) is 54.8 Å². The van der Waals surface area contributed by atoms with Crippen LogP contribution in [0, 0.1) is 0 Å². The van der Waals surface area contributed by atoms with E-state index in [1.807, 2.05) is 53.4 Å². The minimum absolute atomic E-state index is 0.0275. The molecule has 2 aromatic carbocycles. The number of rotatable bonds is 5. The van der Waals surface area contributed by atoms with Crippen LogP contribution in [-0.2, 0) is 6.61 Å². The van der Waals surface area contributed by atoms with Crippen molar-refractivity contribution in [2.75, 3.05) is 31.5 Å². The molecule has 6 heteroatoms. The highest BCUT2D eigenvalue weighted by molar-refractivity contribution is 6.30. The van der Waals surface area contributed by atoms with Crippen molar-refractivity contribution in [3.05, 3.63) is 59.1 Å². The molecule has 5 nitrogen and oxygen atoms in total. The predicted octanol–water partition coefficient (Wildman–Crippen LogP) is 4.23. The molecule has 1 N–H and O–H groups in total. The topological polar surface area (TPSA) is 44.8 Å². The fraction of sp³-hybridized carbons (Fsp3) is 0.381. The van der Waals surface area contributed by atoms with Gasteiger partial charge < -0.3 is 15.0 Å². The second-order valence-electron chi connectivity index (χ2n) is 7.12. The number of benzene rings is 2. The number of hydrogen-bond acceptors (Lipinski definition) is 3. The molecule has 0 unspecified atom stereocenters. The molecule has 0 aromatic heterocycles. The van der Waals surface area contributed by atoms with E-state index >= 15 is 0 Å². The van der Waals surface area contributed by atoms with Gasteiger partial charge in [0.05, 0.1) is 0 Å². The summed E-state index contributed by atoms with van der Waals surface area (Å²) < 4.78 is 5.78. The zero-order valence-electron chi connectivity index (χ0n) is 15.2. The number of carbonyl (C=O) groups excluding carboxylic acids is 1. The van der Waals surface area contributed by atoms with Crippen LogP contribution in [0.25, 0.3) is 0 Å². The normalized spacial score (nSPS) is 17.6. The molecule has 1 heterocycles. The number of hydrogen-bond donors (Lipinski definition) is 1. The minimum Gasteiger partial charge on any atom is -0.489 e. The van der Waals surface area contributed by atoms with Crippen molar-refractivity contribution in [1.29, 1.82) is 0 Å². The molecule has 1 aliphatic carbocycles. The Morgan fingerprint density at radius 2 is 1.67 bits per heavy atom. The van der Waals surface area contributed by atoms with Crippen LogP contribution >= 0.6 is 11.6 Å². The standard InChI is InChI=1S/C21H24ClN3O2/c22-17-3-1-16(2-4-17)15-27-20-9-5-18(6-10-20)23-21(26)25-13-11-24(12-14-25)19-7-8-19/h1-6,9-10,19H,7-8,11-15H2,(H,23,26). The van der Waals surface area contributed by atoms with Gasteiger partial charge in [-0.15, -0.1) is 0 Å². The van der Waals surface area contributed by atoms with Gasteiger partial charge >= 0.3 is 6.03 Å². The van der Waals surface area contributed by atoms with Crippen LogP contribution in [-0.4, -0.2) is 48.1 Å². The van der Waals surface area contributed by atoms with Crippen molar-refractivity contribution in [2.24, 2.45) is 0 Å². The summed E-state index contributed by atoms with van der Waals surface area (Å²) in [7, 11) is 0. The SMILES string of the molecule is O=C(Nc1ccc(OCc2ccc(Cl)cc2)cc1)N1CCN(C2CC2)CC1. The first-order valence-corrected chi connectivity index (χ1v) is 9.82. The van der Waals surface area contributed by atoms with Gasteiger partial charge in [-0.3, -0.25) is 4.90 Å². The monoisotopic (exact) mass is 385 g/mol. The van der Waals surface area contributed by atoms with E-state index in [2.05, 4.69) is 10.2 Å². The molecule has 4 rings (SSSR count). The Balaban J connectivity index is 1.24. The molecule has 2 amide bonds. The lowest BCUT2D eigenvalue weighted by Gasteiger charge is -2.34. The molecular formula is C21H24ClN3O2. The summed E-state index contributed by atoms with van der Waals surface area (Å²) in [6, 6.07) is 15.8. The van der Waals surface area contributed by atoms with Crippen molar-refractivity contribution in [3.63, 3.8) is 0 Å². The molecular weight excluding hydrogens is 362 g/mol. The number of carbonyl (C=O) groups is 1. The largest absolute Gasteiger partial charge is 0.489 e. The molecule has 0 spiro atoms. The second kappa shape index (κ2) is 8.19. The summed E-state index contributed by atoms with van der Waals surface area (Å²) in [5.74, 6) is 0.765.